The first-order valence-electron chi connectivity index (χ1n) is 4.96. The molecule has 16 heavy (non-hydrogen) atoms. The topological polar surface area (TPSA) is 103 Å². The first-order valence-corrected chi connectivity index (χ1v) is 5.73. The molecule has 1 heterocycles. The standard InChI is InChI=1S/C9H16N4O2S/c1-15-7-8(11)13-16-9(7)12-5-3-2-4-6(10)14/h12H,2-5H2,1H3,(H2,10,14)(H2,11,13). The van der Waals surface area contributed by atoms with E-state index in [0.29, 0.717) is 18.0 Å². The predicted octanol–water partition coefficient (Wildman–Crippen LogP) is 0.801. The zero-order chi connectivity index (χ0) is 12.0. The van der Waals surface area contributed by atoms with Gasteiger partial charge in [-0.3, -0.25) is 4.79 Å². The normalized spacial score (nSPS) is 10.1. The third kappa shape index (κ3) is 3.58. The SMILES string of the molecule is COc1c(N)nsc1NCCCCC(N)=O. The van der Waals surface area contributed by atoms with Crippen molar-refractivity contribution in [2.75, 3.05) is 24.7 Å². The Bertz CT molecular complexity index is 353. The summed E-state index contributed by atoms with van der Waals surface area (Å²) in [5.41, 5.74) is 10.6. The summed E-state index contributed by atoms with van der Waals surface area (Å²) in [4.78, 5) is 10.5. The number of carbonyl (C=O) groups is 1. The van der Waals surface area contributed by atoms with Gasteiger partial charge in [0.05, 0.1) is 7.11 Å². The molecule has 0 unspecified atom stereocenters. The average Bonchev–Trinajstić information content (AvgIpc) is 2.58. The maximum atomic E-state index is 10.5. The molecule has 0 saturated heterocycles. The van der Waals surface area contributed by atoms with E-state index in [-0.39, 0.29) is 5.91 Å². The molecule has 0 atom stereocenters. The Labute approximate surface area is 98.1 Å². The van der Waals surface area contributed by atoms with E-state index in [1.807, 2.05) is 0 Å². The number of anilines is 2. The Kier molecular flexibility index (Phi) is 4.84. The zero-order valence-electron chi connectivity index (χ0n) is 9.16. The van der Waals surface area contributed by atoms with E-state index in [4.69, 9.17) is 16.2 Å². The molecule has 0 aliphatic carbocycles. The molecule has 0 bridgehead atoms. The number of hydrogen-bond acceptors (Lipinski definition) is 6. The van der Waals surface area contributed by atoms with Crippen molar-refractivity contribution in [1.82, 2.24) is 4.37 Å². The molecule has 0 aliphatic heterocycles. The number of unbranched alkanes of at least 4 members (excludes halogenated alkanes) is 1. The second kappa shape index (κ2) is 6.16. The summed E-state index contributed by atoms with van der Waals surface area (Å²) >= 11 is 1.26. The van der Waals surface area contributed by atoms with E-state index in [9.17, 15) is 4.79 Å². The number of amides is 1. The molecule has 0 saturated carbocycles. The molecule has 1 aromatic heterocycles. The van der Waals surface area contributed by atoms with Gasteiger partial charge >= 0.3 is 0 Å². The second-order valence-corrected chi connectivity index (χ2v) is 4.05. The van der Waals surface area contributed by atoms with Crippen molar-refractivity contribution in [1.29, 1.82) is 0 Å². The maximum absolute atomic E-state index is 10.5. The number of ether oxygens (including phenoxy) is 1. The lowest BCUT2D eigenvalue weighted by atomic mass is 10.2. The number of carbonyl (C=O) groups excluding carboxylic acids is 1. The molecule has 0 aliphatic rings. The molecule has 1 rings (SSSR count). The van der Waals surface area contributed by atoms with Crippen molar-refractivity contribution >= 4 is 28.3 Å². The number of hydrogen-bond donors (Lipinski definition) is 3. The molecule has 0 spiro atoms. The smallest absolute Gasteiger partial charge is 0.217 e. The van der Waals surface area contributed by atoms with Crippen LogP contribution in [0.25, 0.3) is 0 Å². The number of methoxy groups -OCH3 is 1. The molecular weight excluding hydrogens is 228 g/mol. The highest BCUT2D eigenvalue weighted by atomic mass is 32.1. The van der Waals surface area contributed by atoms with Crippen LogP contribution >= 0.6 is 11.5 Å². The van der Waals surface area contributed by atoms with Crippen molar-refractivity contribution in [3.8, 4) is 5.75 Å². The van der Waals surface area contributed by atoms with Gasteiger partial charge in [-0.25, -0.2) is 0 Å². The minimum atomic E-state index is -0.264. The van der Waals surface area contributed by atoms with Crippen molar-refractivity contribution in [3.05, 3.63) is 0 Å². The number of nitrogens with zero attached hydrogens (tertiary/aromatic N) is 1. The van der Waals surface area contributed by atoms with Crippen LogP contribution in [0.1, 0.15) is 19.3 Å². The monoisotopic (exact) mass is 244 g/mol. The van der Waals surface area contributed by atoms with Crippen LogP contribution in [0.4, 0.5) is 10.8 Å². The number of nitrogen functional groups attached to an aromatic ring is 1. The van der Waals surface area contributed by atoms with Crippen LogP contribution in [-0.2, 0) is 4.79 Å². The molecular formula is C9H16N4O2S. The lowest BCUT2D eigenvalue weighted by molar-refractivity contribution is -0.118. The first kappa shape index (κ1) is 12.6. The maximum Gasteiger partial charge on any atom is 0.217 e. The summed E-state index contributed by atoms with van der Waals surface area (Å²) in [5, 5.41) is 3.98. The third-order valence-corrected chi connectivity index (χ3v) is 2.81. The van der Waals surface area contributed by atoms with Crippen molar-refractivity contribution in [3.63, 3.8) is 0 Å². The number of nitrogens with one attached hydrogen (secondary N) is 1. The summed E-state index contributed by atoms with van der Waals surface area (Å²) in [6, 6.07) is 0. The fraction of sp³-hybridized carbons (Fsp3) is 0.556. The fourth-order valence-electron chi connectivity index (χ4n) is 1.23. The van der Waals surface area contributed by atoms with Gasteiger partial charge in [0, 0.05) is 13.0 Å². The zero-order valence-corrected chi connectivity index (χ0v) is 9.97. The van der Waals surface area contributed by atoms with Crippen LogP contribution in [-0.4, -0.2) is 23.9 Å². The molecule has 0 radical (unpaired) electrons. The van der Waals surface area contributed by atoms with Gasteiger partial charge in [0.2, 0.25) is 5.91 Å². The highest BCUT2D eigenvalue weighted by Gasteiger charge is 2.10. The summed E-state index contributed by atoms with van der Waals surface area (Å²) in [5.74, 6) is 0.714. The Morgan fingerprint density at radius 3 is 2.94 bits per heavy atom. The molecule has 1 amide bonds. The fourth-order valence-corrected chi connectivity index (χ4v) is 1.94. The molecule has 6 nitrogen and oxygen atoms in total. The molecule has 5 N–H and O–H groups in total. The Morgan fingerprint density at radius 1 is 1.56 bits per heavy atom. The van der Waals surface area contributed by atoms with Gasteiger partial charge < -0.3 is 21.5 Å². The molecule has 0 fully saturated rings. The quantitative estimate of drug-likeness (QED) is 0.615. The predicted molar refractivity (Wildman–Crippen MR) is 64.6 cm³/mol. The van der Waals surface area contributed by atoms with Crippen LogP contribution < -0.4 is 21.5 Å². The van der Waals surface area contributed by atoms with Crippen molar-refractivity contribution < 1.29 is 9.53 Å². The lowest BCUT2D eigenvalue weighted by Gasteiger charge is -2.05. The minimum Gasteiger partial charge on any atom is -0.490 e. The van der Waals surface area contributed by atoms with Crippen LogP contribution in [0.2, 0.25) is 0 Å². The van der Waals surface area contributed by atoms with Gasteiger partial charge in [-0.15, -0.1) is 0 Å². The molecule has 7 heteroatoms. The lowest BCUT2D eigenvalue weighted by Crippen LogP contribution is -2.10. The Hall–Kier alpha value is -1.50. The largest absolute Gasteiger partial charge is 0.490 e. The summed E-state index contributed by atoms with van der Waals surface area (Å²) < 4.78 is 9.07. The van der Waals surface area contributed by atoms with E-state index in [1.165, 1.54) is 11.5 Å². The van der Waals surface area contributed by atoms with Gasteiger partial charge in [-0.05, 0) is 24.4 Å². The number of aromatic nitrogens is 1. The van der Waals surface area contributed by atoms with Crippen molar-refractivity contribution in [2.24, 2.45) is 5.73 Å². The van der Waals surface area contributed by atoms with E-state index < -0.39 is 0 Å². The summed E-state index contributed by atoms with van der Waals surface area (Å²) in [7, 11) is 1.55. The summed E-state index contributed by atoms with van der Waals surface area (Å²) in [6.45, 7) is 0.741. The second-order valence-electron chi connectivity index (χ2n) is 3.28. The average molecular weight is 244 g/mol. The van der Waals surface area contributed by atoms with Crippen LogP contribution in [0, 0.1) is 0 Å². The number of primary amides is 1. The van der Waals surface area contributed by atoms with Gasteiger partial charge in [-0.1, -0.05) is 0 Å². The van der Waals surface area contributed by atoms with Gasteiger partial charge in [-0.2, -0.15) is 4.37 Å². The highest BCUT2D eigenvalue weighted by molar-refractivity contribution is 7.11. The van der Waals surface area contributed by atoms with E-state index in [1.54, 1.807) is 7.11 Å². The minimum absolute atomic E-state index is 0.264. The highest BCUT2D eigenvalue weighted by Crippen LogP contribution is 2.34. The van der Waals surface area contributed by atoms with Crippen LogP contribution in [0.5, 0.6) is 5.75 Å². The van der Waals surface area contributed by atoms with Gasteiger partial charge in [0.25, 0.3) is 0 Å². The Balaban J connectivity index is 2.29. The summed E-state index contributed by atoms with van der Waals surface area (Å²) in [6.07, 6.45) is 2.06. The number of rotatable bonds is 7. The molecule has 0 aromatic carbocycles. The first-order chi connectivity index (χ1) is 7.65. The Morgan fingerprint density at radius 2 is 2.31 bits per heavy atom. The van der Waals surface area contributed by atoms with Crippen LogP contribution in [0.3, 0.4) is 0 Å². The third-order valence-electron chi connectivity index (χ3n) is 2.01. The van der Waals surface area contributed by atoms with E-state index >= 15 is 0 Å². The van der Waals surface area contributed by atoms with E-state index in [2.05, 4.69) is 9.69 Å². The van der Waals surface area contributed by atoms with E-state index in [0.717, 1.165) is 24.4 Å². The van der Waals surface area contributed by atoms with Crippen molar-refractivity contribution in [2.45, 2.75) is 19.3 Å². The van der Waals surface area contributed by atoms with Gasteiger partial charge in [0.15, 0.2) is 16.6 Å². The van der Waals surface area contributed by atoms with Gasteiger partial charge in [0.1, 0.15) is 0 Å². The van der Waals surface area contributed by atoms with Crippen LogP contribution in [0.15, 0.2) is 0 Å². The molecule has 1 aromatic rings. The number of nitrogens with two attached hydrogens (primary N) is 2. The molecule has 90 valence electrons.